The lowest BCUT2D eigenvalue weighted by Gasteiger charge is -2.23. The van der Waals surface area contributed by atoms with Gasteiger partial charge in [0.1, 0.15) is 17.2 Å². The van der Waals surface area contributed by atoms with Crippen molar-refractivity contribution in [1.29, 1.82) is 0 Å². The third-order valence-corrected chi connectivity index (χ3v) is 5.04. The molecule has 1 heterocycles. The van der Waals surface area contributed by atoms with Gasteiger partial charge in [0.05, 0.1) is 18.1 Å². The maximum atomic E-state index is 13.2. The predicted octanol–water partition coefficient (Wildman–Crippen LogP) is 5.98. The van der Waals surface area contributed by atoms with Crippen LogP contribution in [-0.2, 0) is 20.7 Å². The smallest absolute Gasteiger partial charge is 0.408 e. The largest absolute Gasteiger partial charge is 0.472 e. The van der Waals surface area contributed by atoms with Crippen molar-refractivity contribution in [3.63, 3.8) is 0 Å². The van der Waals surface area contributed by atoms with E-state index in [4.69, 9.17) is 13.9 Å². The first-order valence-corrected chi connectivity index (χ1v) is 12.0. The molecule has 0 aliphatic rings. The molecule has 2 N–H and O–H groups in total. The van der Waals surface area contributed by atoms with E-state index >= 15 is 0 Å². The molecule has 3 rings (SSSR count). The Morgan fingerprint density at radius 1 is 0.811 bits per heavy atom. The quantitative estimate of drug-likeness (QED) is 0.382. The topological polar surface area (TPSA) is 107 Å². The molecule has 3 aromatic rings. The fraction of sp³-hybridized carbons (Fsp3) is 0.345. The molecule has 0 saturated heterocycles. The van der Waals surface area contributed by atoms with Gasteiger partial charge in [-0.1, -0.05) is 24.3 Å². The monoisotopic (exact) mass is 506 g/mol. The summed E-state index contributed by atoms with van der Waals surface area (Å²) < 4.78 is 15.9. The van der Waals surface area contributed by atoms with Crippen LogP contribution in [0.15, 0.2) is 71.5 Å². The molecule has 1 aromatic heterocycles. The zero-order chi connectivity index (χ0) is 27.2. The number of ether oxygens (including phenoxy) is 2. The molecule has 8 heteroatoms. The highest BCUT2D eigenvalue weighted by Crippen LogP contribution is 2.21. The van der Waals surface area contributed by atoms with Gasteiger partial charge in [-0.3, -0.25) is 4.79 Å². The summed E-state index contributed by atoms with van der Waals surface area (Å²) in [6.07, 6.45) is 2.81. The van der Waals surface area contributed by atoms with E-state index in [1.165, 1.54) is 0 Å². The molecular weight excluding hydrogens is 472 g/mol. The number of anilines is 1. The van der Waals surface area contributed by atoms with Gasteiger partial charge in [0.15, 0.2) is 0 Å². The minimum absolute atomic E-state index is 0.243. The van der Waals surface area contributed by atoms with E-state index < -0.39 is 35.2 Å². The van der Waals surface area contributed by atoms with Crippen molar-refractivity contribution in [2.24, 2.45) is 0 Å². The van der Waals surface area contributed by atoms with Crippen LogP contribution in [0.5, 0.6) is 0 Å². The van der Waals surface area contributed by atoms with E-state index in [1.54, 1.807) is 78.3 Å². The van der Waals surface area contributed by atoms with Gasteiger partial charge in [-0.25, -0.2) is 9.59 Å². The van der Waals surface area contributed by atoms with Crippen LogP contribution in [0.4, 0.5) is 10.5 Å². The Morgan fingerprint density at radius 3 is 1.97 bits per heavy atom. The molecule has 37 heavy (non-hydrogen) atoms. The van der Waals surface area contributed by atoms with Crippen LogP contribution in [0.25, 0.3) is 11.1 Å². The average Bonchev–Trinajstić information content (AvgIpc) is 3.32. The van der Waals surface area contributed by atoms with E-state index in [2.05, 4.69) is 10.6 Å². The highest BCUT2D eigenvalue weighted by Gasteiger charge is 2.25. The Morgan fingerprint density at radius 2 is 1.43 bits per heavy atom. The van der Waals surface area contributed by atoms with Crippen LogP contribution in [0.1, 0.15) is 57.5 Å². The maximum Gasteiger partial charge on any atom is 0.408 e. The number of esters is 1. The van der Waals surface area contributed by atoms with Gasteiger partial charge in [-0.15, -0.1) is 0 Å². The highest BCUT2D eigenvalue weighted by atomic mass is 16.6. The zero-order valence-corrected chi connectivity index (χ0v) is 22.1. The lowest BCUT2D eigenvalue weighted by molar-refractivity contribution is -0.118. The van der Waals surface area contributed by atoms with Crippen molar-refractivity contribution in [1.82, 2.24) is 5.32 Å². The molecule has 0 bridgehead atoms. The summed E-state index contributed by atoms with van der Waals surface area (Å²) in [4.78, 5) is 37.9. The van der Waals surface area contributed by atoms with Gasteiger partial charge < -0.3 is 24.5 Å². The van der Waals surface area contributed by atoms with Crippen molar-refractivity contribution in [3.8, 4) is 11.1 Å². The van der Waals surface area contributed by atoms with Crippen LogP contribution in [0.3, 0.4) is 0 Å². The second-order valence-corrected chi connectivity index (χ2v) is 10.7. The first-order valence-electron chi connectivity index (χ1n) is 12.0. The Kier molecular flexibility index (Phi) is 8.42. The maximum absolute atomic E-state index is 13.2. The van der Waals surface area contributed by atoms with Gasteiger partial charge in [0.25, 0.3) is 0 Å². The Bertz CT molecular complexity index is 1200. The van der Waals surface area contributed by atoms with Gasteiger partial charge in [-0.05, 0) is 83.0 Å². The summed E-state index contributed by atoms with van der Waals surface area (Å²) in [6, 6.07) is 15.0. The van der Waals surface area contributed by atoms with Crippen LogP contribution in [0, 0.1) is 0 Å². The Balaban J connectivity index is 1.73. The van der Waals surface area contributed by atoms with Gasteiger partial charge in [0.2, 0.25) is 5.91 Å². The summed E-state index contributed by atoms with van der Waals surface area (Å²) in [6.45, 7) is 10.6. The Hall–Kier alpha value is -4.07. The second-order valence-electron chi connectivity index (χ2n) is 10.7. The lowest BCUT2D eigenvalue weighted by Crippen LogP contribution is -2.47. The first kappa shape index (κ1) is 27.5. The van der Waals surface area contributed by atoms with Crippen LogP contribution in [-0.4, -0.2) is 35.2 Å². The standard InChI is InChI=1S/C29H34N2O6/c1-28(2,3)36-26(33)21-11-13-23(14-12-21)30-25(32)24(31-27(34)37-29(4,5)6)17-19-7-9-20(10-8-19)22-15-16-35-18-22/h7-16,18,24H,17H2,1-6H3,(H,30,32)(H,31,34)/t24-/m0/s1. The minimum Gasteiger partial charge on any atom is -0.472 e. The van der Waals surface area contributed by atoms with Crippen molar-refractivity contribution < 1.29 is 28.3 Å². The molecular formula is C29H34N2O6. The highest BCUT2D eigenvalue weighted by molar-refractivity contribution is 5.97. The zero-order valence-electron chi connectivity index (χ0n) is 22.1. The number of rotatable bonds is 7. The molecule has 8 nitrogen and oxygen atoms in total. The number of amides is 2. The third-order valence-electron chi connectivity index (χ3n) is 5.04. The van der Waals surface area contributed by atoms with Gasteiger partial charge in [0, 0.05) is 17.7 Å². The number of furan rings is 1. The molecule has 2 amide bonds. The van der Waals surface area contributed by atoms with Crippen LogP contribution >= 0.6 is 0 Å². The molecule has 0 unspecified atom stereocenters. The molecule has 1 atom stereocenters. The molecule has 0 radical (unpaired) electrons. The molecule has 0 saturated carbocycles. The lowest BCUT2D eigenvalue weighted by atomic mass is 10.0. The number of benzene rings is 2. The molecule has 196 valence electrons. The van der Waals surface area contributed by atoms with Crippen molar-refractivity contribution in [2.45, 2.75) is 65.2 Å². The van der Waals surface area contributed by atoms with E-state index in [1.807, 2.05) is 30.3 Å². The third kappa shape index (κ3) is 8.83. The molecule has 0 aliphatic carbocycles. The number of nitrogens with one attached hydrogen (secondary N) is 2. The van der Waals surface area contributed by atoms with Crippen LogP contribution < -0.4 is 10.6 Å². The molecule has 2 aromatic carbocycles. The van der Waals surface area contributed by atoms with Gasteiger partial charge >= 0.3 is 12.1 Å². The number of carbonyl (C=O) groups excluding carboxylic acids is 3. The summed E-state index contributed by atoms with van der Waals surface area (Å²) in [5.41, 5.74) is 2.29. The summed E-state index contributed by atoms with van der Waals surface area (Å²) in [7, 11) is 0. The normalized spacial score (nSPS) is 12.4. The summed E-state index contributed by atoms with van der Waals surface area (Å²) >= 11 is 0. The Labute approximate surface area is 217 Å². The first-order chi connectivity index (χ1) is 17.3. The molecule has 0 fully saturated rings. The molecule has 0 spiro atoms. The number of carbonyl (C=O) groups is 3. The SMILES string of the molecule is CC(C)(C)OC(=O)N[C@@H](Cc1ccc(-c2ccoc2)cc1)C(=O)Nc1ccc(C(=O)OC(C)(C)C)cc1. The minimum atomic E-state index is -0.903. The summed E-state index contributed by atoms with van der Waals surface area (Å²) in [5.74, 6) is -0.872. The van der Waals surface area contributed by atoms with E-state index in [-0.39, 0.29) is 6.42 Å². The van der Waals surface area contributed by atoms with E-state index in [9.17, 15) is 14.4 Å². The fourth-order valence-corrected chi connectivity index (χ4v) is 3.41. The average molecular weight is 507 g/mol. The van der Waals surface area contributed by atoms with E-state index in [0.29, 0.717) is 11.3 Å². The number of hydrogen-bond donors (Lipinski definition) is 2. The number of hydrogen-bond acceptors (Lipinski definition) is 6. The second kappa shape index (κ2) is 11.3. The summed E-state index contributed by atoms with van der Waals surface area (Å²) in [5, 5.41) is 5.48. The predicted molar refractivity (Wildman–Crippen MR) is 141 cm³/mol. The van der Waals surface area contributed by atoms with Crippen molar-refractivity contribution >= 4 is 23.7 Å². The number of alkyl carbamates (subject to hydrolysis) is 1. The van der Waals surface area contributed by atoms with Crippen LogP contribution in [0.2, 0.25) is 0 Å². The van der Waals surface area contributed by atoms with E-state index in [0.717, 1.165) is 16.7 Å². The van der Waals surface area contributed by atoms with Crippen molar-refractivity contribution in [2.75, 3.05) is 5.32 Å². The van der Waals surface area contributed by atoms with Crippen molar-refractivity contribution in [3.05, 3.63) is 78.3 Å². The fourth-order valence-electron chi connectivity index (χ4n) is 3.41. The van der Waals surface area contributed by atoms with Gasteiger partial charge in [-0.2, -0.15) is 0 Å². The molecule has 0 aliphatic heterocycles.